The summed E-state index contributed by atoms with van der Waals surface area (Å²) in [6.07, 6.45) is 0.648. The Kier molecular flexibility index (Phi) is 2.96. The third-order valence-electron chi connectivity index (χ3n) is 2.77. The highest BCUT2D eigenvalue weighted by Gasteiger charge is 2.18. The first-order valence-electron chi connectivity index (χ1n) is 5.68. The number of anilines is 2. The van der Waals surface area contributed by atoms with E-state index >= 15 is 0 Å². The van der Waals surface area contributed by atoms with E-state index in [1.807, 2.05) is 18.2 Å². The van der Waals surface area contributed by atoms with Crippen LogP contribution < -0.4 is 10.6 Å². The largest absolute Gasteiger partial charge is 0.326 e. The molecule has 0 unspecified atom stereocenters. The molecule has 7 heteroatoms. The zero-order valence-corrected chi connectivity index (χ0v) is 10.7. The van der Waals surface area contributed by atoms with Crippen molar-refractivity contribution in [2.75, 3.05) is 10.6 Å². The van der Waals surface area contributed by atoms with Gasteiger partial charge < -0.3 is 10.6 Å². The summed E-state index contributed by atoms with van der Waals surface area (Å²) in [5, 5.41) is 13.3. The number of nitrogens with one attached hydrogen (secondary N) is 2. The minimum atomic E-state index is -0.152. The Bertz CT molecular complexity index is 639. The van der Waals surface area contributed by atoms with E-state index in [1.54, 1.807) is 5.51 Å². The van der Waals surface area contributed by atoms with Gasteiger partial charge in [0.15, 0.2) is 0 Å². The van der Waals surface area contributed by atoms with E-state index in [9.17, 15) is 9.59 Å². The number of amides is 2. The second-order valence-corrected chi connectivity index (χ2v) is 5.02. The number of fused-ring (bicyclic) bond motifs is 1. The van der Waals surface area contributed by atoms with Gasteiger partial charge in [-0.3, -0.25) is 9.59 Å². The summed E-state index contributed by atoms with van der Waals surface area (Å²) in [4.78, 5) is 23.0. The molecule has 1 aromatic heterocycles. The average molecular weight is 274 g/mol. The Morgan fingerprint density at radius 2 is 2.37 bits per heavy atom. The Labute approximate surface area is 112 Å². The summed E-state index contributed by atoms with van der Waals surface area (Å²) in [7, 11) is 0. The van der Waals surface area contributed by atoms with Gasteiger partial charge in [-0.05, 0) is 17.2 Å². The standard InChI is InChI=1S/C12H10N4O2S/c17-10(15-12-16-13-6-19-12)4-7-1-2-8-5-11(18)14-9(8)3-7/h1-3,6H,4-5H2,(H,14,18)(H,15,16,17). The normalized spacial score (nSPS) is 12.9. The lowest BCUT2D eigenvalue weighted by atomic mass is 10.1. The van der Waals surface area contributed by atoms with Crippen LogP contribution in [-0.4, -0.2) is 22.0 Å². The van der Waals surface area contributed by atoms with E-state index in [-0.39, 0.29) is 18.2 Å². The van der Waals surface area contributed by atoms with Gasteiger partial charge in [-0.15, -0.1) is 10.2 Å². The molecule has 0 radical (unpaired) electrons. The fourth-order valence-electron chi connectivity index (χ4n) is 1.95. The zero-order chi connectivity index (χ0) is 13.2. The quantitative estimate of drug-likeness (QED) is 0.881. The average Bonchev–Trinajstić information content (AvgIpc) is 2.96. The number of carbonyl (C=O) groups excluding carboxylic acids is 2. The summed E-state index contributed by atoms with van der Waals surface area (Å²) < 4.78 is 0. The van der Waals surface area contributed by atoms with Crippen molar-refractivity contribution in [1.29, 1.82) is 0 Å². The lowest BCUT2D eigenvalue weighted by molar-refractivity contribution is -0.116. The van der Waals surface area contributed by atoms with E-state index < -0.39 is 0 Å². The zero-order valence-electron chi connectivity index (χ0n) is 9.84. The van der Waals surface area contributed by atoms with Gasteiger partial charge in [-0.1, -0.05) is 23.5 Å². The Morgan fingerprint density at radius 3 is 3.16 bits per heavy atom. The first-order valence-corrected chi connectivity index (χ1v) is 6.56. The summed E-state index contributed by atoms with van der Waals surface area (Å²) in [5.74, 6) is -0.161. The molecule has 2 heterocycles. The Morgan fingerprint density at radius 1 is 1.47 bits per heavy atom. The maximum absolute atomic E-state index is 11.8. The molecular formula is C12H10N4O2S. The molecule has 6 nitrogen and oxygen atoms in total. The van der Waals surface area contributed by atoms with Gasteiger partial charge in [0.25, 0.3) is 0 Å². The van der Waals surface area contributed by atoms with Gasteiger partial charge in [0, 0.05) is 5.69 Å². The van der Waals surface area contributed by atoms with Crippen molar-refractivity contribution in [1.82, 2.24) is 10.2 Å². The van der Waals surface area contributed by atoms with Crippen molar-refractivity contribution in [2.24, 2.45) is 0 Å². The van der Waals surface area contributed by atoms with E-state index in [0.29, 0.717) is 11.6 Å². The molecule has 19 heavy (non-hydrogen) atoms. The van der Waals surface area contributed by atoms with Crippen LogP contribution in [-0.2, 0) is 22.4 Å². The second kappa shape index (κ2) is 4.77. The summed E-state index contributed by atoms with van der Waals surface area (Å²) in [6, 6.07) is 5.57. The highest BCUT2D eigenvalue weighted by Crippen LogP contribution is 2.24. The number of hydrogen-bond acceptors (Lipinski definition) is 5. The van der Waals surface area contributed by atoms with Crippen molar-refractivity contribution >= 4 is 34.0 Å². The highest BCUT2D eigenvalue weighted by atomic mass is 32.1. The predicted molar refractivity (Wildman–Crippen MR) is 71.0 cm³/mol. The maximum Gasteiger partial charge on any atom is 0.230 e. The first-order chi connectivity index (χ1) is 9.20. The minimum absolute atomic E-state index is 0.00883. The van der Waals surface area contributed by atoms with Crippen molar-refractivity contribution < 1.29 is 9.59 Å². The summed E-state index contributed by atoms with van der Waals surface area (Å²) in [6.45, 7) is 0. The lowest BCUT2D eigenvalue weighted by Crippen LogP contribution is -2.14. The van der Waals surface area contributed by atoms with Crippen LogP contribution in [0, 0.1) is 0 Å². The molecule has 0 saturated carbocycles. The molecule has 0 bridgehead atoms. The van der Waals surface area contributed by atoms with Crippen LogP contribution in [0.1, 0.15) is 11.1 Å². The number of aromatic nitrogens is 2. The van der Waals surface area contributed by atoms with Crippen LogP contribution in [0.5, 0.6) is 0 Å². The molecule has 0 fully saturated rings. The van der Waals surface area contributed by atoms with Gasteiger partial charge in [0.1, 0.15) is 5.51 Å². The van der Waals surface area contributed by atoms with Crippen LogP contribution in [0.3, 0.4) is 0 Å². The maximum atomic E-state index is 11.8. The van der Waals surface area contributed by atoms with Gasteiger partial charge in [0.05, 0.1) is 12.8 Å². The second-order valence-electron chi connectivity index (χ2n) is 4.19. The number of hydrogen-bond donors (Lipinski definition) is 2. The van der Waals surface area contributed by atoms with Crippen molar-refractivity contribution in [3.8, 4) is 0 Å². The van der Waals surface area contributed by atoms with Crippen molar-refractivity contribution in [3.63, 3.8) is 0 Å². The predicted octanol–water partition coefficient (Wildman–Crippen LogP) is 1.21. The number of carbonyl (C=O) groups is 2. The molecular weight excluding hydrogens is 264 g/mol. The molecule has 3 rings (SSSR count). The molecule has 0 spiro atoms. The molecule has 0 saturated heterocycles. The number of rotatable bonds is 3. The van der Waals surface area contributed by atoms with Gasteiger partial charge in [-0.2, -0.15) is 0 Å². The Balaban J connectivity index is 1.69. The van der Waals surface area contributed by atoms with E-state index in [4.69, 9.17) is 0 Å². The topological polar surface area (TPSA) is 84.0 Å². The summed E-state index contributed by atoms with van der Waals surface area (Å²) >= 11 is 1.27. The first kappa shape index (κ1) is 11.8. The third-order valence-corrected chi connectivity index (χ3v) is 3.38. The van der Waals surface area contributed by atoms with Crippen molar-refractivity contribution in [3.05, 3.63) is 34.8 Å². The Hall–Kier alpha value is -2.28. The molecule has 1 aromatic carbocycles. The van der Waals surface area contributed by atoms with Crippen molar-refractivity contribution in [2.45, 2.75) is 12.8 Å². The van der Waals surface area contributed by atoms with Gasteiger partial charge >= 0.3 is 0 Å². The molecule has 2 amide bonds. The monoisotopic (exact) mass is 274 g/mol. The van der Waals surface area contributed by atoms with Crippen LogP contribution in [0.25, 0.3) is 0 Å². The number of benzene rings is 1. The van der Waals surface area contributed by atoms with E-state index in [2.05, 4.69) is 20.8 Å². The molecule has 1 aliphatic heterocycles. The van der Waals surface area contributed by atoms with Crippen LogP contribution in [0.4, 0.5) is 10.8 Å². The fourth-order valence-corrected chi connectivity index (χ4v) is 2.41. The fraction of sp³-hybridized carbons (Fsp3) is 0.167. The molecule has 96 valence electrons. The molecule has 1 aliphatic rings. The third kappa shape index (κ3) is 2.60. The van der Waals surface area contributed by atoms with E-state index in [0.717, 1.165) is 16.8 Å². The molecule has 2 aromatic rings. The van der Waals surface area contributed by atoms with Gasteiger partial charge in [-0.25, -0.2) is 0 Å². The number of nitrogens with zero attached hydrogens (tertiary/aromatic N) is 2. The highest BCUT2D eigenvalue weighted by molar-refractivity contribution is 7.13. The SMILES string of the molecule is O=C(Cc1ccc2c(c1)NC(=O)C2)Nc1nncs1. The van der Waals surface area contributed by atoms with E-state index in [1.165, 1.54) is 11.3 Å². The van der Waals surface area contributed by atoms with Gasteiger partial charge in [0.2, 0.25) is 16.9 Å². The molecule has 2 N–H and O–H groups in total. The van der Waals surface area contributed by atoms with Crippen LogP contribution in [0.2, 0.25) is 0 Å². The van der Waals surface area contributed by atoms with Crippen LogP contribution >= 0.6 is 11.3 Å². The molecule has 0 aliphatic carbocycles. The minimum Gasteiger partial charge on any atom is -0.326 e. The lowest BCUT2D eigenvalue weighted by Gasteiger charge is -2.04. The summed E-state index contributed by atoms with van der Waals surface area (Å²) in [5.41, 5.74) is 4.17. The smallest absolute Gasteiger partial charge is 0.230 e. The van der Waals surface area contributed by atoms with Crippen LogP contribution in [0.15, 0.2) is 23.7 Å². The molecule has 0 atom stereocenters.